The van der Waals surface area contributed by atoms with E-state index in [1.807, 2.05) is 0 Å². The van der Waals surface area contributed by atoms with Crippen LogP contribution in [0.15, 0.2) is 12.2 Å². The zero-order valence-electron chi connectivity index (χ0n) is 39.7. The molecule has 0 aromatic heterocycles. The lowest BCUT2D eigenvalue weighted by molar-refractivity contribution is -0.143. The fourth-order valence-corrected chi connectivity index (χ4v) is 8.22. The van der Waals surface area contributed by atoms with Crippen LogP contribution in [0.25, 0.3) is 0 Å². The van der Waals surface area contributed by atoms with Gasteiger partial charge in [-0.3, -0.25) is 9.59 Å². The summed E-state index contributed by atoms with van der Waals surface area (Å²) in [7, 11) is 0. The smallest absolute Gasteiger partial charge is 0.305 e. The molecule has 0 radical (unpaired) electrons. The van der Waals surface area contributed by atoms with Crippen LogP contribution in [0.2, 0.25) is 0 Å². The summed E-state index contributed by atoms with van der Waals surface area (Å²) >= 11 is 0. The Morgan fingerprint density at radius 3 is 1.24 bits per heavy atom. The first-order valence-corrected chi connectivity index (χ1v) is 26.4. The maximum Gasteiger partial charge on any atom is 0.305 e. The van der Waals surface area contributed by atoms with Gasteiger partial charge in [-0.1, -0.05) is 238 Å². The number of carbonyl (C=O) groups is 2. The van der Waals surface area contributed by atoms with Crippen molar-refractivity contribution in [3.8, 4) is 0 Å². The number of aliphatic hydroxyl groups is 2. The van der Waals surface area contributed by atoms with E-state index in [0.717, 1.165) is 44.9 Å². The third-order valence-corrected chi connectivity index (χ3v) is 12.3. The van der Waals surface area contributed by atoms with Gasteiger partial charge in [-0.25, -0.2) is 0 Å². The van der Waals surface area contributed by atoms with E-state index in [2.05, 4.69) is 31.3 Å². The van der Waals surface area contributed by atoms with Crippen molar-refractivity contribution in [1.29, 1.82) is 0 Å². The lowest BCUT2D eigenvalue weighted by Crippen LogP contribution is -2.45. The van der Waals surface area contributed by atoms with Crippen LogP contribution in [0.5, 0.6) is 0 Å². The molecule has 0 aliphatic heterocycles. The quantitative estimate of drug-likeness (QED) is 0.0322. The van der Waals surface area contributed by atoms with Crippen molar-refractivity contribution in [2.45, 2.75) is 302 Å². The third-order valence-electron chi connectivity index (χ3n) is 12.3. The molecule has 0 saturated carbocycles. The van der Waals surface area contributed by atoms with Crippen molar-refractivity contribution in [3.63, 3.8) is 0 Å². The van der Waals surface area contributed by atoms with E-state index in [0.29, 0.717) is 25.9 Å². The summed E-state index contributed by atoms with van der Waals surface area (Å²) in [5.74, 6) is -0.0477. The summed E-state index contributed by atoms with van der Waals surface area (Å²) in [6.45, 7) is 4.92. The number of nitrogens with one attached hydrogen (secondary N) is 1. The Bertz CT molecular complexity index is 878. The average molecular weight is 834 g/mol. The Kier molecular flexibility index (Phi) is 48.1. The molecule has 1 amide bonds. The SMILES string of the molecule is CCCCC/C=C\CCCCCCCC(=O)OCCCCCCCCCCCCCCCCCCC(=O)NC(CO)C(O)CCCCCCCCCCCCCCCC. The van der Waals surface area contributed by atoms with Crippen LogP contribution in [-0.4, -0.2) is 47.4 Å². The van der Waals surface area contributed by atoms with Crippen LogP contribution in [0.4, 0.5) is 0 Å². The van der Waals surface area contributed by atoms with Crippen molar-refractivity contribution < 1.29 is 24.5 Å². The topological polar surface area (TPSA) is 95.9 Å². The second-order valence-corrected chi connectivity index (χ2v) is 18.2. The monoisotopic (exact) mass is 834 g/mol. The van der Waals surface area contributed by atoms with Gasteiger partial charge in [0.05, 0.1) is 25.4 Å². The molecule has 3 N–H and O–H groups in total. The van der Waals surface area contributed by atoms with Crippen molar-refractivity contribution in [2.75, 3.05) is 13.2 Å². The zero-order valence-corrected chi connectivity index (χ0v) is 39.7. The molecule has 0 rings (SSSR count). The van der Waals surface area contributed by atoms with E-state index in [4.69, 9.17) is 4.74 Å². The normalized spacial score (nSPS) is 12.7. The number of unbranched alkanes of at least 4 members (excludes halogenated alkanes) is 36. The number of rotatable bonds is 49. The van der Waals surface area contributed by atoms with Gasteiger partial charge < -0.3 is 20.3 Å². The highest BCUT2D eigenvalue weighted by Gasteiger charge is 2.20. The summed E-state index contributed by atoms with van der Waals surface area (Å²) < 4.78 is 5.45. The van der Waals surface area contributed by atoms with Crippen LogP contribution < -0.4 is 5.32 Å². The molecule has 2 atom stereocenters. The summed E-state index contributed by atoms with van der Waals surface area (Å²) in [6.07, 6.45) is 56.1. The van der Waals surface area contributed by atoms with Gasteiger partial charge in [-0.15, -0.1) is 0 Å². The molecule has 0 saturated heterocycles. The van der Waals surface area contributed by atoms with Gasteiger partial charge >= 0.3 is 5.97 Å². The van der Waals surface area contributed by atoms with E-state index in [-0.39, 0.29) is 18.5 Å². The zero-order chi connectivity index (χ0) is 43.0. The van der Waals surface area contributed by atoms with Crippen LogP contribution in [-0.2, 0) is 14.3 Å². The molecule has 0 bridgehead atoms. The number of allylic oxidation sites excluding steroid dienone is 2. The van der Waals surface area contributed by atoms with Gasteiger partial charge in [-0.2, -0.15) is 0 Å². The highest BCUT2D eigenvalue weighted by Crippen LogP contribution is 2.17. The molecule has 0 fully saturated rings. The second kappa shape index (κ2) is 49.3. The summed E-state index contributed by atoms with van der Waals surface area (Å²) in [5.41, 5.74) is 0. The molecule has 0 aromatic carbocycles. The summed E-state index contributed by atoms with van der Waals surface area (Å²) in [5, 5.41) is 23.2. The van der Waals surface area contributed by atoms with E-state index in [1.54, 1.807) is 0 Å². The number of hydrogen-bond donors (Lipinski definition) is 3. The van der Waals surface area contributed by atoms with Crippen molar-refractivity contribution in [1.82, 2.24) is 5.32 Å². The molecule has 350 valence electrons. The minimum absolute atomic E-state index is 0.00670. The molecule has 6 nitrogen and oxygen atoms in total. The van der Waals surface area contributed by atoms with Crippen molar-refractivity contribution >= 4 is 11.9 Å². The third kappa shape index (κ3) is 45.9. The van der Waals surface area contributed by atoms with E-state index < -0.39 is 12.1 Å². The van der Waals surface area contributed by atoms with Crippen LogP contribution in [0.1, 0.15) is 290 Å². The second-order valence-electron chi connectivity index (χ2n) is 18.2. The van der Waals surface area contributed by atoms with Gasteiger partial charge in [0.25, 0.3) is 0 Å². The predicted octanol–water partition coefficient (Wildman–Crippen LogP) is 15.7. The number of ether oxygens (including phenoxy) is 1. The Hall–Kier alpha value is -1.40. The molecule has 0 aromatic rings. The van der Waals surface area contributed by atoms with Crippen LogP contribution in [0, 0.1) is 0 Å². The largest absolute Gasteiger partial charge is 0.466 e. The molecule has 0 aliphatic carbocycles. The molecule has 59 heavy (non-hydrogen) atoms. The Morgan fingerprint density at radius 2 is 0.797 bits per heavy atom. The van der Waals surface area contributed by atoms with Crippen LogP contribution >= 0.6 is 0 Å². The molecule has 0 aliphatic rings. The van der Waals surface area contributed by atoms with E-state index in [9.17, 15) is 19.8 Å². The first-order valence-electron chi connectivity index (χ1n) is 26.4. The molecular formula is C53H103NO5. The van der Waals surface area contributed by atoms with E-state index in [1.165, 1.54) is 212 Å². The number of hydrogen-bond acceptors (Lipinski definition) is 5. The maximum absolute atomic E-state index is 12.4. The Balaban J connectivity index is 3.43. The minimum Gasteiger partial charge on any atom is -0.466 e. The summed E-state index contributed by atoms with van der Waals surface area (Å²) in [6, 6.07) is -0.545. The number of esters is 1. The highest BCUT2D eigenvalue weighted by molar-refractivity contribution is 5.76. The fourth-order valence-electron chi connectivity index (χ4n) is 8.22. The molecule has 6 heteroatoms. The van der Waals surface area contributed by atoms with Crippen molar-refractivity contribution in [3.05, 3.63) is 12.2 Å². The fraction of sp³-hybridized carbons (Fsp3) is 0.925. The first-order chi connectivity index (χ1) is 29.0. The number of carbonyl (C=O) groups excluding carboxylic acids is 2. The molecule has 0 spiro atoms. The lowest BCUT2D eigenvalue weighted by atomic mass is 10.0. The van der Waals surface area contributed by atoms with Gasteiger partial charge in [0, 0.05) is 12.8 Å². The Labute approximate surface area is 368 Å². The van der Waals surface area contributed by atoms with Crippen LogP contribution in [0.3, 0.4) is 0 Å². The van der Waals surface area contributed by atoms with Gasteiger partial charge in [-0.05, 0) is 51.4 Å². The number of aliphatic hydroxyl groups excluding tert-OH is 2. The first kappa shape index (κ1) is 57.6. The molecular weight excluding hydrogens is 731 g/mol. The Morgan fingerprint density at radius 1 is 0.458 bits per heavy atom. The molecule has 2 unspecified atom stereocenters. The lowest BCUT2D eigenvalue weighted by Gasteiger charge is -2.22. The highest BCUT2D eigenvalue weighted by atomic mass is 16.5. The van der Waals surface area contributed by atoms with Gasteiger partial charge in [0.2, 0.25) is 5.91 Å². The predicted molar refractivity (Wildman–Crippen MR) is 255 cm³/mol. The van der Waals surface area contributed by atoms with Gasteiger partial charge in [0.1, 0.15) is 0 Å². The van der Waals surface area contributed by atoms with E-state index >= 15 is 0 Å². The maximum atomic E-state index is 12.4. The van der Waals surface area contributed by atoms with Gasteiger partial charge in [0.15, 0.2) is 0 Å². The van der Waals surface area contributed by atoms with Crippen molar-refractivity contribution in [2.24, 2.45) is 0 Å². The minimum atomic E-state index is -0.667. The number of amides is 1. The summed E-state index contributed by atoms with van der Waals surface area (Å²) in [4.78, 5) is 24.4. The standard InChI is InChI=1S/C53H103NO5/c1-3-5-7-9-11-13-15-17-22-25-29-33-37-41-45-51(56)50(49-55)54-52(57)46-42-38-34-30-26-23-20-18-19-21-24-28-32-36-40-44-48-59-53(58)47-43-39-35-31-27-16-14-12-10-8-6-4-2/h12,14,50-51,55-56H,3-11,13,15-49H2,1-2H3,(H,54,57)/b14-12-. The molecule has 0 heterocycles. The average Bonchev–Trinajstić information content (AvgIpc) is 3.24.